The third-order valence-corrected chi connectivity index (χ3v) is 5.84. The summed E-state index contributed by atoms with van der Waals surface area (Å²) in [5.74, 6) is 0.513. The normalized spacial score (nSPS) is 12.0. The molecular weight excluding hydrogens is 386 g/mol. The molecule has 0 N–H and O–H groups in total. The summed E-state index contributed by atoms with van der Waals surface area (Å²) in [6.45, 7) is 4.26. The molecule has 31 heavy (non-hydrogen) atoms. The van der Waals surface area contributed by atoms with Crippen molar-refractivity contribution in [2.24, 2.45) is 0 Å². The lowest BCUT2D eigenvalue weighted by Gasteiger charge is -2.21. The first-order chi connectivity index (χ1) is 15.0. The minimum atomic E-state index is -0.260. The number of hydrogen-bond acceptors (Lipinski definition) is 3. The van der Waals surface area contributed by atoms with E-state index in [1.165, 1.54) is 12.7 Å². The summed E-state index contributed by atoms with van der Waals surface area (Å²) >= 11 is 0. The second-order valence-corrected chi connectivity index (χ2v) is 7.76. The van der Waals surface area contributed by atoms with E-state index >= 15 is 0 Å². The topological polar surface area (TPSA) is 40.5 Å². The highest BCUT2D eigenvalue weighted by molar-refractivity contribution is 5.96. The van der Waals surface area contributed by atoms with Crippen LogP contribution in [-0.2, 0) is 16.0 Å². The van der Waals surface area contributed by atoms with Crippen LogP contribution in [-0.4, -0.2) is 24.8 Å². The van der Waals surface area contributed by atoms with E-state index in [4.69, 9.17) is 9.47 Å². The van der Waals surface area contributed by atoms with Gasteiger partial charge in [0.05, 0.1) is 32.4 Å². The first kappa shape index (κ1) is 20.7. The molecule has 0 fully saturated rings. The Balaban J connectivity index is 2.10. The van der Waals surface area contributed by atoms with Gasteiger partial charge >= 0.3 is 5.97 Å². The van der Waals surface area contributed by atoms with Crippen LogP contribution in [0.15, 0.2) is 72.8 Å². The summed E-state index contributed by atoms with van der Waals surface area (Å²) < 4.78 is 13.1. The Labute approximate surface area is 183 Å². The molecule has 0 aliphatic heterocycles. The molecule has 0 aliphatic rings. The lowest BCUT2D eigenvalue weighted by atomic mass is 10.0. The zero-order valence-electron chi connectivity index (χ0n) is 18.4. The van der Waals surface area contributed by atoms with Gasteiger partial charge in [0.25, 0.3) is 0 Å². The zero-order chi connectivity index (χ0) is 22.0. The molecule has 0 saturated heterocycles. The quantitative estimate of drug-likeness (QED) is 0.367. The van der Waals surface area contributed by atoms with Crippen LogP contribution < -0.4 is 4.74 Å². The number of rotatable bonds is 6. The van der Waals surface area contributed by atoms with Crippen molar-refractivity contribution in [3.8, 4) is 17.0 Å². The van der Waals surface area contributed by atoms with E-state index in [0.29, 0.717) is 0 Å². The van der Waals surface area contributed by atoms with E-state index in [-0.39, 0.29) is 18.4 Å². The standard InChI is InChI=1S/C27H27NO3/c1-18-14-15-24-22(16-18)23(17-26(29)31-4)27(21-12-8-9-13-25(21)30-3)28(24)19(2)20-10-6-5-7-11-20/h5-16,19H,17H2,1-4H3. The minimum absolute atomic E-state index is 0.0534. The van der Waals surface area contributed by atoms with Gasteiger partial charge in [0, 0.05) is 16.5 Å². The Morgan fingerprint density at radius 2 is 1.68 bits per heavy atom. The molecule has 158 valence electrons. The number of methoxy groups -OCH3 is 2. The van der Waals surface area contributed by atoms with Crippen molar-refractivity contribution in [1.82, 2.24) is 4.57 Å². The van der Waals surface area contributed by atoms with Crippen LogP contribution >= 0.6 is 0 Å². The molecule has 0 saturated carbocycles. The van der Waals surface area contributed by atoms with Gasteiger partial charge in [0.2, 0.25) is 0 Å². The van der Waals surface area contributed by atoms with Crippen molar-refractivity contribution in [3.63, 3.8) is 0 Å². The summed E-state index contributed by atoms with van der Waals surface area (Å²) in [4.78, 5) is 12.4. The number of nitrogens with zero attached hydrogens (tertiary/aromatic N) is 1. The molecule has 0 bridgehead atoms. The monoisotopic (exact) mass is 413 g/mol. The Kier molecular flexibility index (Phi) is 5.81. The number of benzene rings is 3. The van der Waals surface area contributed by atoms with Crippen molar-refractivity contribution in [3.05, 3.63) is 89.5 Å². The molecule has 4 nitrogen and oxygen atoms in total. The molecular formula is C27H27NO3. The first-order valence-electron chi connectivity index (χ1n) is 10.4. The Bertz CT molecular complexity index is 1220. The van der Waals surface area contributed by atoms with Gasteiger partial charge in [-0.3, -0.25) is 4.79 Å². The van der Waals surface area contributed by atoms with Crippen molar-refractivity contribution in [1.29, 1.82) is 0 Å². The van der Waals surface area contributed by atoms with Crippen LogP contribution in [0, 0.1) is 6.92 Å². The zero-order valence-corrected chi connectivity index (χ0v) is 18.4. The van der Waals surface area contributed by atoms with E-state index in [2.05, 4.69) is 66.9 Å². The number of hydrogen-bond donors (Lipinski definition) is 0. The van der Waals surface area contributed by atoms with Crippen LogP contribution in [0.2, 0.25) is 0 Å². The Morgan fingerprint density at radius 3 is 2.39 bits per heavy atom. The SMILES string of the molecule is COC(=O)Cc1c(-c2ccccc2OC)n(C(C)c2ccccc2)c2ccc(C)cc12. The van der Waals surface area contributed by atoms with E-state index in [1.54, 1.807) is 7.11 Å². The second kappa shape index (κ2) is 8.68. The molecule has 4 heteroatoms. The summed E-state index contributed by atoms with van der Waals surface area (Å²) in [6.07, 6.45) is 0.193. The maximum absolute atomic E-state index is 12.4. The largest absolute Gasteiger partial charge is 0.496 e. The third-order valence-electron chi connectivity index (χ3n) is 5.84. The van der Waals surface area contributed by atoms with Gasteiger partial charge in [-0.2, -0.15) is 0 Å². The van der Waals surface area contributed by atoms with Gasteiger partial charge in [-0.1, -0.05) is 54.1 Å². The maximum Gasteiger partial charge on any atom is 0.310 e. The van der Waals surface area contributed by atoms with Crippen molar-refractivity contribution in [2.75, 3.05) is 14.2 Å². The first-order valence-corrected chi connectivity index (χ1v) is 10.4. The highest BCUT2D eigenvalue weighted by Crippen LogP contribution is 2.42. The van der Waals surface area contributed by atoms with Crippen LogP contribution in [0.25, 0.3) is 22.2 Å². The van der Waals surface area contributed by atoms with Gasteiger partial charge in [-0.15, -0.1) is 0 Å². The lowest BCUT2D eigenvalue weighted by Crippen LogP contribution is -2.11. The van der Waals surface area contributed by atoms with Gasteiger partial charge in [0.1, 0.15) is 5.75 Å². The van der Waals surface area contributed by atoms with Crippen molar-refractivity contribution >= 4 is 16.9 Å². The minimum Gasteiger partial charge on any atom is -0.496 e. The average Bonchev–Trinajstić information content (AvgIpc) is 3.11. The molecule has 0 aliphatic carbocycles. The van der Waals surface area contributed by atoms with Crippen molar-refractivity contribution < 1.29 is 14.3 Å². The smallest absolute Gasteiger partial charge is 0.310 e. The number of carbonyl (C=O) groups excluding carboxylic acids is 1. The van der Waals surface area contributed by atoms with Crippen molar-refractivity contribution in [2.45, 2.75) is 26.3 Å². The van der Waals surface area contributed by atoms with Crippen LogP contribution in [0.3, 0.4) is 0 Å². The summed E-state index contributed by atoms with van der Waals surface area (Å²) in [5, 5.41) is 1.06. The number of aromatic nitrogens is 1. The van der Waals surface area contributed by atoms with E-state index in [9.17, 15) is 4.79 Å². The number of esters is 1. The molecule has 0 radical (unpaired) electrons. The molecule has 1 unspecified atom stereocenters. The number of ether oxygens (including phenoxy) is 2. The van der Waals surface area contributed by atoms with Gasteiger partial charge in [-0.05, 0) is 49.2 Å². The predicted octanol–water partition coefficient (Wildman–Crippen LogP) is 5.95. The van der Waals surface area contributed by atoms with E-state index < -0.39 is 0 Å². The van der Waals surface area contributed by atoms with Gasteiger partial charge < -0.3 is 14.0 Å². The Morgan fingerprint density at radius 1 is 0.968 bits per heavy atom. The Hall–Kier alpha value is -3.53. The van der Waals surface area contributed by atoms with Crippen LogP contribution in [0.1, 0.15) is 29.7 Å². The summed E-state index contributed by atoms with van der Waals surface area (Å²) in [5.41, 5.74) is 6.33. The van der Waals surface area contributed by atoms with Crippen LogP contribution in [0.5, 0.6) is 5.75 Å². The van der Waals surface area contributed by atoms with E-state index in [1.807, 2.05) is 24.3 Å². The summed E-state index contributed by atoms with van der Waals surface area (Å²) in [6, 6.07) is 24.8. The molecule has 0 spiro atoms. The second-order valence-electron chi connectivity index (χ2n) is 7.76. The van der Waals surface area contributed by atoms with Gasteiger partial charge in [0.15, 0.2) is 0 Å². The third kappa shape index (κ3) is 3.81. The fraction of sp³-hybridized carbons (Fsp3) is 0.222. The number of aryl methyl sites for hydroxylation is 1. The maximum atomic E-state index is 12.4. The fourth-order valence-electron chi connectivity index (χ4n) is 4.31. The predicted molar refractivity (Wildman–Crippen MR) is 125 cm³/mol. The molecule has 4 rings (SSSR count). The van der Waals surface area contributed by atoms with E-state index in [0.717, 1.165) is 39.0 Å². The number of carbonyl (C=O) groups is 1. The number of fused-ring (bicyclic) bond motifs is 1. The van der Waals surface area contributed by atoms with Crippen LogP contribution in [0.4, 0.5) is 0 Å². The molecule has 1 aromatic heterocycles. The van der Waals surface area contributed by atoms with Gasteiger partial charge in [-0.25, -0.2) is 0 Å². The highest BCUT2D eigenvalue weighted by atomic mass is 16.5. The molecule has 1 atom stereocenters. The molecule has 3 aromatic carbocycles. The highest BCUT2D eigenvalue weighted by Gasteiger charge is 2.26. The molecule has 0 amide bonds. The lowest BCUT2D eigenvalue weighted by molar-refractivity contribution is -0.139. The molecule has 1 heterocycles. The average molecular weight is 414 g/mol. The number of para-hydroxylation sites is 1. The fourth-order valence-corrected chi connectivity index (χ4v) is 4.31. The summed E-state index contributed by atoms with van der Waals surface area (Å²) in [7, 11) is 3.11. The molecule has 4 aromatic rings.